The van der Waals surface area contributed by atoms with E-state index < -0.39 is 102 Å². The van der Waals surface area contributed by atoms with Crippen LogP contribution in [0.25, 0.3) is 0 Å². The van der Waals surface area contributed by atoms with Crippen LogP contribution in [0.4, 0.5) is 0 Å². The molecular weight excluding hydrogens is 756 g/mol. The molecule has 326 valence electrons. The van der Waals surface area contributed by atoms with Crippen LogP contribution < -0.4 is 27.0 Å². The van der Waals surface area contributed by atoms with Gasteiger partial charge in [-0.05, 0) is 57.3 Å². The lowest BCUT2D eigenvalue weighted by Gasteiger charge is -2.23. The number of hydrogen-bond donors (Lipinski definition) is 7. The summed E-state index contributed by atoms with van der Waals surface area (Å²) in [6.07, 6.45) is -0.615. The monoisotopic (exact) mass is 820 g/mol. The van der Waals surface area contributed by atoms with Gasteiger partial charge in [0.25, 0.3) is 0 Å². The van der Waals surface area contributed by atoms with Crippen LogP contribution in [-0.2, 0) is 47.9 Å². The van der Waals surface area contributed by atoms with Crippen LogP contribution in [0.15, 0.2) is 0 Å². The minimum Gasteiger partial charge on any atom is -0.480 e. The Balaban J connectivity index is 1.98. The highest BCUT2D eigenvalue weighted by Crippen LogP contribution is 2.21. The highest BCUT2D eigenvalue weighted by Gasteiger charge is 2.35. The maximum Gasteiger partial charge on any atom is 0.326 e. The molecule has 0 spiro atoms. The number of carbonyl (C=O) groups is 10. The molecule has 2 fully saturated rings. The molecule has 0 radical (unpaired) electrons. The molecule has 2 aliphatic rings. The second-order valence-corrected chi connectivity index (χ2v) is 16.5. The molecule has 58 heavy (non-hydrogen) atoms. The van der Waals surface area contributed by atoms with E-state index in [4.69, 9.17) is 5.73 Å². The van der Waals surface area contributed by atoms with Crippen LogP contribution in [0.1, 0.15) is 118 Å². The normalized spacial score (nSPS) is 19.9. The van der Waals surface area contributed by atoms with Gasteiger partial charge < -0.3 is 42.1 Å². The second kappa shape index (κ2) is 24.4. The van der Waals surface area contributed by atoms with E-state index >= 15 is 0 Å². The fourth-order valence-electron chi connectivity index (χ4n) is 7.33. The molecule has 0 aliphatic carbocycles. The minimum atomic E-state index is -1.16. The van der Waals surface area contributed by atoms with Crippen LogP contribution in [0.3, 0.4) is 0 Å². The summed E-state index contributed by atoms with van der Waals surface area (Å²) in [5.41, 5.74) is 5.31. The SMILES string of the molecule is CC(C)C[C@H](CC(=O)[C@H](CCC(N)=O)NC(=O)CCC(=O)[C@@H]1C[C@@H](O)CN1)C(=O)NCC(=O)C[C@@H](CC(C)C)C(=O)N[C@@H](C)C(=O)CCC(=O)N1CCC[C@H]1C(=O)O. The topological polar surface area (TPSA) is 289 Å². The van der Waals surface area contributed by atoms with Gasteiger partial charge in [0.2, 0.25) is 29.5 Å². The molecule has 0 bridgehead atoms. The zero-order valence-corrected chi connectivity index (χ0v) is 34.5. The maximum atomic E-state index is 13.5. The van der Waals surface area contributed by atoms with E-state index in [1.54, 1.807) is 0 Å². The van der Waals surface area contributed by atoms with Crippen molar-refractivity contribution < 1.29 is 58.2 Å². The third-order valence-corrected chi connectivity index (χ3v) is 10.4. The summed E-state index contributed by atoms with van der Waals surface area (Å²) >= 11 is 0. The Hall–Kier alpha value is -4.58. The summed E-state index contributed by atoms with van der Waals surface area (Å²) in [6.45, 7) is 9.03. The Labute approximate surface area is 339 Å². The van der Waals surface area contributed by atoms with Gasteiger partial charge in [-0.25, -0.2) is 4.79 Å². The first-order valence-electron chi connectivity index (χ1n) is 20.4. The lowest BCUT2D eigenvalue weighted by molar-refractivity contribution is -0.148. The fourth-order valence-corrected chi connectivity index (χ4v) is 7.33. The van der Waals surface area contributed by atoms with Crippen molar-refractivity contribution in [3.05, 3.63) is 0 Å². The number of likely N-dealkylation sites (tertiary alicyclic amines) is 1. The summed E-state index contributed by atoms with van der Waals surface area (Å²) in [4.78, 5) is 128. The molecule has 2 heterocycles. The number of aliphatic carboxylic acids is 1. The van der Waals surface area contributed by atoms with E-state index in [1.807, 2.05) is 27.7 Å². The number of rotatable bonds is 27. The van der Waals surface area contributed by atoms with Crippen molar-refractivity contribution >= 4 is 58.6 Å². The highest BCUT2D eigenvalue weighted by molar-refractivity contribution is 5.96. The Morgan fingerprint density at radius 2 is 1.43 bits per heavy atom. The van der Waals surface area contributed by atoms with Gasteiger partial charge in [0.05, 0.1) is 30.8 Å². The number of aliphatic hydroxyl groups is 1. The molecule has 8 N–H and O–H groups in total. The van der Waals surface area contributed by atoms with E-state index in [0.717, 1.165) is 0 Å². The van der Waals surface area contributed by atoms with E-state index in [1.165, 1.54) is 11.8 Å². The Morgan fingerprint density at radius 1 is 0.793 bits per heavy atom. The Bertz CT molecular complexity index is 1520. The average molecular weight is 821 g/mol. The molecule has 7 atom stereocenters. The van der Waals surface area contributed by atoms with Gasteiger partial charge in [-0.2, -0.15) is 0 Å². The molecule has 5 amide bonds. The molecule has 0 saturated carbocycles. The number of nitrogens with zero attached hydrogens (tertiary/aromatic N) is 1. The van der Waals surface area contributed by atoms with E-state index in [-0.39, 0.29) is 88.4 Å². The number of Topliss-reactive ketones (excluding diaryl/α,β-unsaturated/α-hetero) is 4. The first kappa shape index (κ1) is 49.6. The van der Waals surface area contributed by atoms with Crippen LogP contribution in [0.2, 0.25) is 0 Å². The number of β-amino-alcohol motifs (C(OH)–C–C–N with tert-alkyl or cyclic N) is 1. The molecular formula is C40H64N6O12. The van der Waals surface area contributed by atoms with Crippen molar-refractivity contribution in [2.75, 3.05) is 19.6 Å². The van der Waals surface area contributed by atoms with Gasteiger partial charge in [-0.3, -0.25) is 43.2 Å². The molecule has 18 nitrogen and oxygen atoms in total. The lowest BCUT2D eigenvalue weighted by Crippen LogP contribution is -2.45. The molecule has 0 unspecified atom stereocenters. The Morgan fingerprint density at radius 3 is 2.00 bits per heavy atom. The molecule has 2 rings (SSSR count). The predicted octanol–water partition coefficient (Wildman–Crippen LogP) is 0.0976. The number of carbonyl (C=O) groups excluding carboxylic acids is 9. The number of amides is 5. The minimum absolute atomic E-state index is 0.00679. The first-order valence-corrected chi connectivity index (χ1v) is 20.4. The second-order valence-electron chi connectivity index (χ2n) is 16.5. The average Bonchev–Trinajstić information content (AvgIpc) is 3.82. The van der Waals surface area contributed by atoms with Crippen molar-refractivity contribution in [3.63, 3.8) is 0 Å². The van der Waals surface area contributed by atoms with Gasteiger partial charge >= 0.3 is 5.97 Å². The number of carboxylic acids is 1. The number of ketones is 4. The van der Waals surface area contributed by atoms with Crippen molar-refractivity contribution in [1.29, 1.82) is 0 Å². The fraction of sp³-hybridized carbons (Fsp3) is 0.750. The summed E-state index contributed by atoms with van der Waals surface area (Å²) in [5, 5.41) is 29.7. The van der Waals surface area contributed by atoms with Gasteiger partial charge in [-0.1, -0.05) is 27.7 Å². The third-order valence-electron chi connectivity index (χ3n) is 10.4. The molecule has 0 aromatic heterocycles. The number of primary amides is 1. The van der Waals surface area contributed by atoms with Crippen molar-refractivity contribution in [2.45, 2.75) is 148 Å². The van der Waals surface area contributed by atoms with E-state index in [0.29, 0.717) is 25.8 Å². The van der Waals surface area contributed by atoms with Gasteiger partial charge in [0, 0.05) is 69.9 Å². The van der Waals surface area contributed by atoms with Gasteiger partial charge in [0.1, 0.15) is 11.8 Å². The van der Waals surface area contributed by atoms with Crippen molar-refractivity contribution in [2.24, 2.45) is 29.4 Å². The predicted molar refractivity (Wildman–Crippen MR) is 209 cm³/mol. The smallest absolute Gasteiger partial charge is 0.326 e. The third kappa shape index (κ3) is 17.5. The van der Waals surface area contributed by atoms with E-state index in [2.05, 4.69) is 21.3 Å². The van der Waals surface area contributed by atoms with Gasteiger partial charge in [0.15, 0.2) is 17.3 Å². The first-order chi connectivity index (χ1) is 27.2. The number of nitrogens with two attached hydrogens (primary N) is 1. The van der Waals surface area contributed by atoms with Crippen LogP contribution in [-0.4, -0.2) is 124 Å². The number of carboxylic acid groups (broad SMARTS) is 1. The molecule has 0 aromatic carbocycles. The zero-order chi connectivity index (χ0) is 43.7. The summed E-state index contributed by atoms with van der Waals surface area (Å²) < 4.78 is 0. The van der Waals surface area contributed by atoms with Crippen molar-refractivity contribution in [1.82, 2.24) is 26.2 Å². The maximum absolute atomic E-state index is 13.5. The quantitative estimate of drug-likeness (QED) is 0.0580. The lowest BCUT2D eigenvalue weighted by atomic mass is 9.88. The number of hydrogen-bond acceptors (Lipinski definition) is 12. The van der Waals surface area contributed by atoms with Gasteiger partial charge in [-0.15, -0.1) is 0 Å². The van der Waals surface area contributed by atoms with Crippen LogP contribution in [0, 0.1) is 23.7 Å². The van der Waals surface area contributed by atoms with Crippen LogP contribution >= 0.6 is 0 Å². The molecule has 2 aliphatic heterocycles. The summed E-state index contributed by atoms with van der Waals surface area (Å²) in [5.74, 6) is -7.44. The summed E-state index contributed by atoms with van der Waals surface area (Å²) in [7, 11) is 0. The molecule has 0 aromatic rings. The zero-order valence-electron chi connectivity index (χ0n) is 34.5. The van der Waals surface area contributed by atoms with Crippen LogP contribution in [0.5, 0.6) is 0 Å². The molecule has 18 heteroatoms. The Kier molecular flexibility index (Phi) is 20.8. The number of aliphatic hydroxyl groups excluding tert-OH is 1. The highest BCUT2D eigenvalue weighted by atomic mass is 16.4. The van der Waals surface area contributed by atoms with Crippen molar-refractivity contribution in [3.8, 4) is 0 Å². The largest absolute Gasteiger partial charge is 0.480 e. The van der Waals surface area contributed by atoms with E-state index in [9.17, 15) is 58.2 Å². The standard InChI is InChI=1S/C40H64N6O12/c1-22(2)15-25(39(56)44-24(5)32(49)10-13-37(54)46-14-6-7-31(46)40(57)58)17-27(47)21-43-38(55)26(16-23(3)4)18-34(51)29(8-11-35(41)52)45-36(53)12-9-33(50)30-19-28(48)20-42-30/h22-26,28-31,42,48H,6-21H2,1-5H3,(H2,41,52)(H,43,55)(H,44,56)(H,45,53)(H,57,58)/t24-,25+,26+,28+,29-,30-,31-/m0/s1. The molecule has 2 saturated heterocycles. The number of nitrogens with one attached hydrogen (secondary N) is 4. The summed E-state index contributed by atoms with van der Waals surface area (Å²) in [6, 6.07) is -3.62.